The molecule has 0 saturated heterocycles. The van der Waals surface area contributed by atoms with Crippen LogP contribution in [0.4, 0.5) is 0 Å². The molecule has 0 atom stereocenters. The minimum atomic E-state index is -0.104. The third kappa shape index (κ3) is 5.63. The Morgan fingerprint density at radius 3 is 2.47 bits per heavy atom. The Balaban J connectivity index is 1.52. The zero-order chi connectivity index (χ0) is 22.9. The highest BCUT2D eigenvalue weighted by atomic mass is 32.1. The van der Waals surface area contributed by atoms with E-state index in [1.54, 1.807) is 11.3 Å². The van der Waals surface area contributed by atoms with Crippen molar-refractivity contribution in [1.82, 2.24) is 9.80 Å². The van der Waals surface area contributed by atoms with Crippen LogP contribution >= 0.6 is 11.3 Å². The number of carbonyl (C=O) groups excluding carboxylic acids is 2. The second-order valence-electron chi connectivity index (χ2n) is 9.95. The van der Waals surface area contributed by atoms with E-state index in [1.165, 1.54) is 5.56 Å². The molecule has 1 aromatic carbocycles. The lowest BCUT2D eigenvalue weighted by atomic mass is 9.91. The van der Waals surface area contributed by atoms with Crippen molar-refractivity contribution < 1.29 is 19.1 Å². The number of carbonyl (C=O) groups is 2. The van der Waals surface area contributed by atoms with Crippen LogP contribution in [0.3, 0.4) is 0 Å². The predicted molar refractivity (Wildman–Crippen MR) is 125 cm³/mol. The molecule has 0 radical (unpaired) electrons. The van der Waals surface area contributed by atoms with E-state index in [1.807, 2.05) is 28.0 Å². The summed E-state index contributed by atoms with van der Waals surface area (Å²) in [6.45, 7) is 9.59. The number of nitrogens with zero attached hydrogens (tertiary/aromatic N) is 2. The number of amides is 2. The first-order chi connectivity index (χ1) is 15.2. The zero-order valence-electron chi connectivity index (χ0n) is 19.3. The smallest absolute Gasteiger partial charge is 0.242 e. The van der Waals surface area contributed by atoms with Gasteiger partial charge < -0.3 is 19.3 Å². The summed E-state index contributed by atoms with van der Waals surface area (Å²) in [7, 11) is 0. The average Bonchev–Trinajstić information content (AvgIpc) is 3.31. The first-order valence-corrected chi connectivity index (χ1v) is 12.1. The van der Waals surface area contributed by atoms with Gasteiger partial charge in [0.2, 0.25) is 18.6 Å². The Morgan fingerprint density at radius 1 is 1.06 bits per heavy atom. The Kier molecular flexibility index (Phi) is 6.47. The SMILES string of the molecule is Cc1ccsc1CN(Cc1ccc2c(c1)OCO2)C(=O)CN(C(=O)CC(C)(C)C)C1CC1. The summed E-state index contributed by atoms with van der Waals surface area (Å²) in [4.78, 5) is 31.3. The van der Waals surface area contributed by atoms with Gasteiger partial charge in [-0.05, 0) is 59.9 Å². The van der Waals surface area contributed by atoms with Crippen LogP contribution in [0.1, 0.15) is 56.0 Å². The number of rotatable bonds is 8. The van der Waals surface area contributed by atoms with Gasteiger partial charge in [0.05, 0.1) is 6.54 Å². The Labute approximate surface area is 194 Å². The summed E-state index contributed by atoms with van der Waals surface area (Å²) in [6.07, 6.45) is 2.41. The highest BCUT2D eigenvalue weighted by Gasteiger charge is 2.36. The van der Waals surface area contributed by atoms with Crippen molar-refractivity contribution in [2.45, 2.75) is 66.1 Å². The van der Waals surface area contributed by atoms with Gasteiger partial charge in [0.25, 0.3) is 0 Å². The molecule has 6 nitrogen and oxygen atoms in total. The van der Waals surface area contributed by atoms with Crippen LogP contribution in [-0.2, 0) is 22.7 Å². The molecule has 7 heteroatoms. The van der Waals surface area contributed by atoms with Crippen molar-refractivity contribution in [2.24, 2.45) is 5.41 Å². The van der Waals surface area contributed by atoms with Gasteiger partial charge in [-0.1, -0.05) is 26.8 Å². The van der Waals surface area contributed by atoms with E-state index in [9.17, 15) is 9.59 Å². The lowest BCUT2D eigenvalue weighted by Gasteiger charge is -2.30. The quantitative estimate of drug-likeness (QED) is 0.576. The number of fused-ring (bicyclic) bond motifs is 1. The van der Waals surface area contributed by atoms with Gasteiger partial charge in [-0.3, -0.25) is 9.59 Å². The van der Waals surface area contributed by atoms with Gasteiger partial charge in [-0.25, -0.2) is 0 Å². The molecule has 172 valence electrons. The Bertz CT molecular complexity index is 990. The summed E-state index contributed by atoms with van der Waals surface area (Å²) in [5.41, 5.74) is 2.06. The molecule has 0 N–H and O–H groups in total. The van der Waals surface area contributed by atoms with E-state index in [-0.39, 0.29) is 36.6 Å². The largest absolute Gasteiger partial charge is 0.454 e. The van der Waals surface area contributed by atoms with Crippen LogP contribution in [0.2, 0.25) is 0 Å². The van der Waals surface area contributed by atoms with Crippen LogP contribution in [0.25, 0.3) is 0 Å². The summed E-state index contributed by atoms with van der Waals surface area (Å²) in [5, 5.41) is 2.05. The minimum Gasteiger partial charge on any atom is -0.454 e. The topological polar surface area (TPSA) is 59.1 Å². The molecule has 1 aliphatic heterocycles. The van der Waals surface area contributed by atoms with E-state index in [2.05, 4.69) is 39.1 Å². The molecule has 4 rings (SSSR count). The standard InChI is InChI=1S/C25H32N2O4S/c1-17-9-10-32-22(17)14-26(13-18-5-8-20-21(11-18)31-16-30-20)24(29)15-27(19-6-7-19)23(28)12-25(2,3)4/h5,8-11,19H,6-7,12-16H2,1-4H3. The zero-order valence-corrected chi connectivity index (χ0v) is 20.2. The van der Waals surface area contributed by atoms with E-state index >= 15 is 0 Å². The fraction of sp³-hybridized carbons (Fsp3) is 0.520. The van der Waals surface area contributed by atoms with Crippen molar-refractivity contribution in [3.8, 4) is 11.5 Å². The minimum absolute atomic E-state index is 0.0235. The van der Waals surface area contributed by atoms with Gasteiger partial charge >= 0.3 is 0 Å². The molecule has 2 amide bonds. The molecular weight excluding hydrogens is 424 g/mol. The van der Waals surface area contributed by atoms with Crippen molar-refractivity contribution in [3.05, 3.63) is 45.6 Å². The van der Waals surface area contributed by atoms with Crippen molar-refractivity contribution >= 4 is 23.2 Å². The lowest BCUT2D eigenvalue weighted by molar-refractivity contribution is -0.142. The molecule has 1 aliphatic carbocycles. The summed E-state index contributed by atoms with van der Waals surface area (Å²) in [5.74, 6) is 1.49. The lowest BCUT2D eigenvalue weighted by Crippen LogP contribution is -2.44. The van der Waals surface area contributed by atoms with Gasteiger partial charge in [0.1, 0.15) is 6.54 Å². The van der Waals surface area contributed by atoms with E-state index < -0.39 is 0 Å². The summed E-state index contributed by atoms with van der Waals surface area (Å²) in [6, 6.07) is 8.07. The molecule has 0 spiro atoms. The van der Waals surface area contributed by atoms with Crippen LogP contribution in [0, 0.1) is 12.3 Å². The maximum absolute atomic E-state index is 13.5. The van der Waals surface area contributed by atoms with E-state index in [4.69, 9.17) is 9.47 Å². The van der Waals surface area contributed by atoms with Gasteiger partial charge in [-0.2, -0.15) is 0 Å². The molecule has 1 aromatic heterocycles. The van der Waals surface area contributed by atoms with E-state index in [0.29, 0.717) is 25.3 Å². The molecule has 0 bridgehead atoms. The maximum Gasteiger partial charge on any atom is 0.242 e. The number of aryl methyl sites for hydroxylation is 1. The molecule has 2 heterocycles. The summed E-state index contributed by atoms with van der Waals surface area (Å²) >= 11 is 1.66. The van der Waals surface area contributed by atoms with Crippen molar-refractivity contribution in [2.75, 3.05) is 13.3 Å². The van der Waals surface area contributed by atoms with Crippen LogP contribution in [0.5, 0.6) is 11.5 Å². The average molecular weight is 457 g/mol. The molecule has 2 aromatic rings. The number of hydrogen-bond acceptors (Lipinski definition) is 5. The molecular formula is C25H32N2O4S. The highest BCUT2D eigenvalue weighted by molar-refractivity contribution is 7.10. The number of thiophene rings is 1. The third-order valence-electron chi connectivity index (χ3n) is 5.76. The fourth-order valence-electron chi connectivity index (χ4n) is 3.84. The Hall–Kier alpha value is -2.54. The van der Waals surface area contributed by atoms with Crippen molar-refractivity contribution in [1.29, 1.82) is 0 Å². The molecule has 1 saturated carbocycles. The molecule has 0 unspecified atom stereocenters. The second kappa shape index (κ2) is 9.14. The normalized spacial score (nSPS) is 15.0. The van der Waals surface area contributed by atoms with Gasteiger partial charge in [-0.15, -0.1) is 11.3 Å². The van der Waals surface area contributed by atoms with Crippen LogP contribution in [-0.4, -0.2) is 41.0 Å². The number of hydrogen-bond donors (Lipinski definition) is 0. The highest BCUT2D eigenvalue weighted by Crippen LogP contribution is 2.34. The summed E-state index contributed by atoms with van der Waals surface area (Å²) < 4.78 is 10.9. The fourth-order valence-corrected chi connectivity index (χ4v) is 4.76. The predicted octanol–water partition coefficient (Wildman–Crippen LogP) is 4.74. The maximum atomic E-state index is 13.5. The second-order valence-corrected chi connectivity index (χ2v) is 11.0. The molecule has 1 fully saturated rings. The van der Waals surface area contributed by atoms with Crippen molar-refractivity contribution in [3.63, 3.8) is 0 Å². The number of benzene rings is 1. The Morgan fingerprint density at radius 2 is 1.81 bits per heavy atom. The van der Waals surface area contributed by atoms with Gasteiger partial charge in [0, 0.05) is 23.9 Å². The van der Waals surface area contributed by atoms with Crippen LogP contribution in [0.15, 0.2) is 29.6 Å². The van der Waals surface area contributed by atoms with E-state index in [0.717, 1.165) is 29.0 Å². The van der Waals surface area contributed by atoms with Gasteiger partial charge in [0.15, 0.2) is 11.5 Å². The monoisotopic (exact) mass is 456 g/mol. The first kappa shape index (κ1) is 22.6. The molecule has 32 heavy (non-hydrogen) atoms. The first-order valence-electron chi connectivity index (χ1n) is 11.2. The third-order valence-corrected chi connectivity index (χ3v) is 6.77. The number of ether oxygens (including phenoxy) is 2. The van der Waals surface area contributed by atoms with Crippen LogP contribution < -0.4 is 9.47 Å². The molecule has 2 aliphatic rings.